The average Bonchev–Trinajstić information content (AvgIpc) is 3.19. The number of hydrogen-bond acceptors (Lipinski definition) is 6. The van der Waals surface area contributed by atoms with E-state index in [4.69, 9.17) is 4.74 Å². The van der Waals surface area contributed by atoms with Crippen LogP contribution in [0.1, 0.15) is 27.2 Å². The molecule has 1 fully saturated rings. The fraction of sp³-hybridized carbons (Fsp3) is 0.348. The predicted octanol–water partition coefficient (Wildman–Crippen LogP) is 2.35. The number of benzene rings is 1. The Kier molecular flexibility index (Phi) is 5.36. The minimum atomic E-state index is -0.385. The number of carbonyl (C=O) groups excluding carboxylic acids is 1. The number of hydrogen-bond donors (Lipinski definition) is 2. The van der Waals surface area contributed by atoms with Gasteiger partial charge < -0.3 is 24.6 Å². The maximum atomic E-state index is 13.7. The first-order chi connectivity index (χ1) is 15.5. The van der Waals surface area contributed by atoms with Gasteiger partial charge in [-0.15, -0.1) is 0 Å². The number of anilines is 1. The van der Waals surface area contributed by atoms with E-state index >= 15 is 0 Å². The summed E-state index contributed by atoms with van der Waals surface area (Å²) in [5.74, 6) is 0.0235. The molecule has 0 atom stereocenters. The molecule has 2 aromatic heterocycles. The van der Waals surface area contributed by atoms with E-state index in [1.165, 1.54) is 12.1 Å². The molecule has 2 aliphatic rings. The van der Waals surface area contributed by atoms with Gasteiger partial charge in [-0.05, 0) is 41.8 Å². The number of nitrogens with one attached hydrogen (secondary N) is 1. The summed E-state index contributed by atoms with van der Waals surface area (Å²) in [6.45, 7) is 4.39. The van der Waals surface area contributed by atoms with Crippen LogP contribution in [0.4, 0.5) is 10.3 Å². The number of aryl methyl sites for hydroxylation is 1. The van der Waals surface area contributed by atoms with Crippen molar-refractivity contribution in [3.05, 3.63) is 64.9 Å². The summed E-state index contributed by atoms with van der Waals surface area (Å²) >= 11 is 0. The standard InChI is InChI=1S/C23H24FN5O3/c1-14-8-25-23(26-19-12-32-13-19)27-21(14)17-7-20-22(31)29(5-4-28(20)10-17)9-16-6-18(24)3-2-15(16)11-30/h2-3,6-8,10,19,30H,4-5,9,11-13H2,1H3,(H,25,26,27). The number of rotatable bonds is 6. The fourth-order valence-corrected chi connectivity index (χ4v) is 4.05. The molecule has 0 unspecified atom stereocenters. The molecule has 4 heterocycles. The number of nitrogens with zero attached hydrogens (tertiary/aromatic N) is 4. The second kappa shape index (κ2) is 8.33. The van der Waals surface area contributed by atoms with Crippen LogP contribution in [0.3, 0.4) is 0 Å². The molecule has 166 valence electrons. The van der Waals surface area contributed by atoms with Crippen LogP contribution in [0.2, 0.25) is 0 Å². The molecule has 0 spiro atoms. The molecule has 0 radical (unpaired) electrons. The van der Waals surface area contributed by atoms with Crippen molar-refractivity contribution in [2.75, 3.05) is 25.1 Å². The van der Waals surface area contributed by atoms with Gasteiger partial charge in [0.05, 0.1) is 31.6 Å². The Balaban J connectivity index is 1.40. The van der Waals surface area contributed by atoms with Gasteiger partial charge in [-0.2, -0.15) is 0 Å². The fourth-order valence-electron chi connectivity index (χ4n) is 4.05. The monoisotopic (exact) mass is 437 g/mol. The molecule has 8 nitrogen and oxygen atoms in total. The molecule has 0 bridgehead atoms. The van der Waals surface area contributed by atoms with Crippen LogP contribution in [-0.2, 0) is 24.4 Å². The third-order valence-corrected chi connectivity index (χ3v) is 5.93. The molecule has 1 aromatic carbocycles. The molecule has 2 aliphatic heterocycles. The number of ether oxygens (including phenoxy) is 1. The quantitative estimate of drug-likeness (QED) is 0.615. The number of amides is 1. The summed E-state index contributed by atoms with van der Waals surface area (Å²) in [5.41, 5.74) is 4.34. The van der Waals surface area contributed by atoms with Crippen molar-refractivity contribution in [1.29, 1.82) is 0 Å². The molecule has 32 heavy (non-hydrogen) atoms. The Morgan fingerprint density at radius 3 is 2.84 bits per heavy atom. The molecular formula is C23H24FN5O3. The first-order valence-electron chi connectivity index (χ1n) is 10.6. The number of aliphatic hydroxyl groups excluding tert-OH is 1. The Bertz CT molecular complexity index is 1170. The Morgan fingerprint density at radius 1 is 1.25 bits per heavy atom. The van der Waals surface area contributed by atoms with Crippen LogP contribution in [0.15, 0.2) is 36.7 Å². The summed E-state index contributed by atoms with van der Waals surface area (Å²) in [5, 5.41) is 12.8. The van der Waals surface area contributed by atoms with Gasteiger partial charge in [-0.3, -0.25) is 4.79 Å². The maximum Gasteiger partial charge on any atom is 0.270 e. The second-order valence-electron chi connectivity index (χ2n) is 8.21. The van der Waals surface area contributed by atoms with Crippen LogP contribution in [-0.4, -0.2) is 56.2 Å². The first kappa shape index (κ1) is 20.6. The Hall–Kier alpha value is -3.30. The highest BCUT2D eigenvalue weighted by molar-refractivity contribution is 5.95. The lowest BCUT2D eigenvalue weighted by molar-refractivity contribution is 0.0208. The van der Waals surface area contributed by atoms with Crippen LogP contribution in [0, 0.1) is 12.7 Å². The Labute approximate surface area is 184 Å². The number of halogens is 1. The van der Waals surface area contributed by atoms with E-state index in [-0.39, 0.29) is 30.9 Å². The van der Waals surface area contributed by atoms with Gasteiger partial charge in [0, 0.05) is 37.6 Å². The van der Waals surface area contributed by atoms with E-state index in [1.54, 1.807) is 17.2 Å². The SMILES string of the molecule is Cc1cnc(NC2COC2)nc1-c1cc2n(c1)CCN(Cc1cc(F)ccc1CO)C2=O. The van der Waals surface area contributed by atoms with Crippen LogP contribution < -0.4 is 5.32 Å². The largest absolute Gasteiger partial charge is 0.392 e. The molecule has 0 aliphatic carbocycles. The molecule has 2 N–H and O–H groups in total. The average molecular weight is 437 g/mol. The zero-order valence-electron chi connectivity index (χ0n) is 17.7. The zero-order valence-corrected chi connectivity index (χ0v) is 17.7. The molecule has 9 heteroatoms. The van der Waals surface area contributed by atoms with Crippen LogP contribution in [0.25, 0.3) is 11.3 Å². The van der Waals surface area contributed by atoms with Crippen molar-refractivity contribution in [2.24, 2.45) is 0 Å². The molecule has 3 aromatic rings. The van der Waals surface area contributed by atoms with Crippen molar-refractivity contribution in [2.45, 2.75) is 32.7 Å². The molecule has 0 saturated carbocycles. The van der Waals surface area contributed by atoms with Crippen molar-refractivity contribution in [3.8, 4) is 11.3 Å². The lowest BCUT2D eigenvalue weighted by atomic mass is 10.1. The summed E-state index contributed by atoms with van der Waals surface area (Å²) < 4.78 is 20.8. The highest BCUT2D eigenvalue weighted by Gasteiger charge is 2.27. The summed E-state index contributed by atoms with van der Waals surface area (Å²) in [4.78, 5) is 23.9. The lowest BCUT2D eigenvalue weighted by Gasteiger charge is -2.29. The molecular weight excluding hydrogens is 413 g/mol. The van der Waals surface area contributed by atoms with Gasteiger partial charge in [-0.25, -0.2) is 14.4 Å². The van der Waals surface area contributed by atoms with E-state index in [1.807, 2.05) is 23.8 Å². The highest BCUT2D eigenvalue weighted by Crippen LogP contribution is 2.28. The third kappa shape index (κ3) is 3.85. The second-order valence-corrected chi connectivity index (χ2v) is 8.21. The number of aromatic nitrogens is 3. The van der Waals surface area contributed by atoms with Crippen molar-refractivity contribution >= 4 is 11.9 Å². The summed E-state index contributed by atoms with van der Waals surface area (Å²) in [6.07, 6.45) is 3.72. The normalized spacial score (nSPS) is 16.1. The minimum Gasteiger partial charge on any atom is -0.392 e. The number of fused-ring (bicyclic) bond motifs is 1. The van der Waals surface area contributed by atoms with Gasteiger partial charge in [0.25, 0.3) is 5.91 Å². The zero-order chi connectivity index (χ0) is 22.2. The Morgan fingerprint density at radius 2 is 2.09 bits per heavy atom. The number of carbonyl (C=O) groups is 1. The number of aliphatic hydroxyl groups is 1. The van der Waals surface area contributed by atoms with E-state index in [0.29, 0.717) is 49.1 Å². The van der Waals surface area contributed by atoms with Gasteiger partial charge in [0.1, 0.15) is 11.5 Å². The van der Waals surface area contributed by atoms with E-state index in [9.17, 15) is 14.3 Å². The lowest BCUT2D eigenvalue weighted by Crippen LogP contribution is -2.40. The topological polar surface area (TPSA) is 92.5 Å². The smallest absolute Gasteiger partial charge is 0.270 e. The van der Waals surface area contributed by atoms with E-state index in [0.717, 1.165) is 16.8 Å². The first-order valence-corrected chi connectivity index (χ1v) is 10.6. The minimum absolute atomic E-state index is 0.132. The summed E-state index contributed by atoms with van der Waals surface area (Å²) in [7, 11) is 0. The highest BCUT2D eigenvalue weighted by atomic mass is 19.1. The van der Waals surface area contributed by atoms with Gasteiger partial charge in [0.15, 0.2) is 0 Å². The van der Waals surface area contributed by atoms with E-state index < -0.39 is 0 Å². The maximum absolute atomic E-state index is 13.7. The predicted molar refractivity (Wildman–Crippen MR) is 115 cm³/mol. The van der Waals surface area contributed by atoms with Gasteiger partial charge >= 0.3 is 0 Å². The van der Waals surface area contributed by atoms with Crippen LogP contribution >= 0.6 is 0 Å². The van der Waals surface area contributed by atoms with Crippen molar-refractivity contribution < 1.29 is 19.0 Å². The summed E-state index contributed by atoms with van der Waals surface area (Å²) in [6, 6.07) is 6.31. The molecule has 1 amide bonds. The van der Waals surface area contributed by atoms with Crippen molar-refractivity contribution in [3.63, 3.8) is 0 Å². The van der Waals surface area contributed by atoms with Gasteiger partial charge in [-0.1, -0.05) is 6.07 Å². The van der Waals surface area contributed by atoms with Gasteiger partial charge in [0.2, 0.25) is 5.95 Å². The third-order valence-electron chi connectivity index (χ3n) is 5.93. The molecule has 1 saturated heterocycles. The van der Waals surface area contributed by atoms with Crippen molar-refractivity contribution in [1.82, 2.24) is 19.4 Å². The molecule has 5 rings (SSSR count). The van der Waals surface area contributed by atoms with E-state index in [2.05, 4.69) is 15.3 Å². The van der Waals surface area contributed by atoms with Crippen LogP contribution in [0.5, 0.6) is 0 Å².